The molecule has 0 aromatic heterocycles. The van der Waals surface area contributed by atoms with E-state index in [1.807, 2.05) is 6.07 Å². The predicted octanol–water partition coefficient (Wildman–Crippen LogP) is 2.47. The van der Waals surface area contributed by atoms with Crippen molar-refractivity contribution in [3.63, 3.8) is 0 Å². The summed E-state index contributed by atoms with van der Waals surface area (Å²) in [5.41, 5.74) is 2.24. The maximum absolute atomic E-state index is 12.2. The van der Waals surface area contributed by atoms with Crippen molar-refractivity contribution in [1.82, 2.24) is 0 Å². The van der Waals surface area contributed by atoms with E-state index in [-0.39, 0.29) is 12.0 Å². The first-order valence-corrected chi connectivity index (χ1v) is 7.56. The molecule has 1 saturated carbocycles. The number of phenols is 1. The van der Waals surface area contributed by atoms with Crippen LogP contribution in [0.3, 0.4) is 0 Å². The summed E-state index contributed by atoms with van der Waals surface area (Å²) in [6, 6.07) is 5.69. The van der Waals surface area contributed by atoms with Crippen LogP contribution in [0.2, 0.25) is 0 Å². The second-order valence-electron chi connectivity index (χ2n) is 6.45. The molecular weight excluding hydrogens is 252 g/mol. The molecule has 0 bridgehead atoms. The number of Topliss-reactive ketones (excluding diaryl/α,β-unsaturated/α-hetero) is 1. The van der Waals surface area contributed by atoms with Crippen LogP contribution in [-0.2, 0) is 17.6 Å². The van der Waals surface area contributed by atoms with Crippen LogP contribution in [-0.4, -0.2) is 22.1 Å². The molecule has 1 fully saturated rings. The number of aliphatic hydroxyl groups excluding tert-OH is 1. The fourth-order valence-electron chi connectivity index (χ4n) is 4.02. The molecule has 3 rings (SSSR count). The fraction of sp³-hybridized carbons (Fsp3) is 0.588. The smallest absolute Gasteiger partial charge is 0.136 e. The number of ketones is 1. The zero-order chi connectivity index (χ0) is 14.3. The van der Waals surface area contributed by atoms with E-state index in [1.165, 1.54) is 5.56 Å². The highest BCUT2D eigenvalue weighted by Crippen LogP contribution is 2.46. The molecule has 0 spiro atoms. The molecule has 0 saturated heterocycles. The Hall–Kier alpha value is -1.35. The van der Waals surface area contributed by atoms with Gasteiger partial charge in [-0.05, 0) is 61.6 Å². The minimum Gasteiger partial charge on any atom is -0.508 e. The summed E-state index contributed by atoms with van der Waals surface area (Å²) >= 11 is 0. The first-order chi connectivity index (χ1) is 9.56. The summed E-state index contributed by atoms with van der Waals surface area (Å²) in [5, 5.41) is 19.4. The van der Waals surface area contributed by atoms with E-state index in [2.05, 4.69) is 6.07 Å². The number of phenolic OH excluding ortho intramolecular Hbond substituents is 1. The molecule has 0 amide bonds. The van der Waals surface area contributed by atoms with Crippen LogP contribution in [0, 0.1) is 17.8 Å². The highest BCUT2D eigenvalue weighted by atomic mass is 16.3. The third-order valence-corrected chi connectivity index (χ3v) is 5.06. The summed E-state index contributed by atoms with van der Waals surface area (Å²) in [4.78, 5) is 12.2. The van der Waals surface area contributed by atoms with Gasteiger partial charge in [-0.15, -0.1) is 0 Å². The molecule has 1 unspecified atom stereocenters. The van der Waals surface area contributed by atoms with Gasteiger partial charge in [0.05, 0.1) is 6.10 Å². The van der Waals surface area contributed by atoms with Crippen LogP contribution in [0.25, 0.3) is 0 Å². The van der Waals surface area contributed by atoms with E-state index in [0.717, 1.165) is 24.8 Å². The van der Waals surface area contributed by atoms with E-state index in [4.69, 9.17) is 0 Å². The van der Waals surface area contributed by atoms with Gasteiger partial charge >= 0.3 is 0 Å². The molecule has 1 aromatic rings. The third-order valence-electron chi connectivity index (χ3n) is 5.06. The molecule has 1 aromatic carbocycles. The van der Waals surface area contributed by atoms with Crippen LogP contribution < -0.4 is 0 Å². The molecule has 2 aliphatic rings. The van der Waals surface area contributed by atoms with Crippen molar-refractivity contribution < 1.29 is 15.0 Å². The van der Waals surface area contributed by atoms with Gasteiger partial charge in [-0.2, -0.15) is 0 Å². The Morgan fingerprint density at radius 3 is 2.85 bits per heavy atom. The topological polar surface area (TPSA) is 57.5 Å². The molecule has 3 heteroatoms. The summed E-state index contributed by atoms with van der Waals surface area (Å²) in [6.45, 7) is 1.78. The average Bonchev–Trinajstić information content (AvgIpc) is 2.69. The highest BCUT2D eigenvalue weighted by molar-refractivity contribution is 5.84. The van der Waals surface area contributed by atoms with E-state index >= 15 is 0 Å². The molecule has 2 aliphatic carbocycles. The van der Waals surface area contributed by atoms with Crippen molar-refractivity contribution in [2.75, 3.05) is 0 Å². The van der Waals surface area contributed by atoms with Crippen LogP contribution >= 0.6 is 0 Å². The van der Waals surface area contributed by atoms with Crippen molar-refractivity contribution in [2.24, 2.45) is 17.8 Å². The van der Waals surface area contributed by atoms with Crippen molar-refractivity contribution in [3.8, 4) is 5.75 Å². The summed E-state index contributed by atoms with van der Waals surface area (Å²) in [6.07, 6.45) is 3.52. The first kappa shape index (κ1) is 13.6. The van der Waals surface area contributed by atoms with Crippen molar-refractivity contribution in [3.05, 3.63) is 29.3 Å². The monoisotopic (exact) mass is 274 g/mol. The molecule has 2 N–H and O–H groups in total. The lowest BCUT2D eigenvalue weighted by molar-refractivity contribution is -0.121. The average molecular weight is 274 g/mol. The standard InChI is InChI=1S/C17H22O3/c1-10(18)5-6-13-14-7-11-3-2-4-16(19)15(11)8-12(14)9-17(13)20/h2-4,10,12-14,18-19H,5-9H2,1H3/t10-,12+,13?,14+/m1/s1. The number of aliphatic hydroxyl groups is 1. The zero-order valence-corrected chi connectivity index (χ0v) is 11.9. The lowest BCUT2D eigenvalue weighted by Gasteiger charge is -2.30. The molecular formula is C17H22O3. The summed E-state index contributed by atoms with van der Waals surface area (Å²) < 4.78 is 0. The van der Waals surface area contributed by atoms with E-state index in [0.29, 0.717) is 36.2 Å². The van der Waals surface area contributed by atoms with Gasteiger partial charge < -0.3 is 10.2 Å². The largest absolute Gasteiger partial charge is 0.508 e. The Balaban J connectivity index is 1.81. The van der Waals surface area contributed by atoms with Gasteiger partial charge in [0.2, 0.25) is 0 Å². The first-order valence-electron chi connectivity index (χ1n) is 7.56. The summed E-state index contributed by atoms with van der Waals surface area (Å²) in [5.74, 6) is 1.61. The van der Waals surface area contributed by atoms with Gasteiger partial charge in [-0.3, -0.25) is 4.79 Å². The van der Waals surface area contributed by atoms with Crippen LogP contribution in [0.5, 0.6) is 5.75 Å². The van der Waals surface area contributed by atoms with Crippen LogP contribution in [0.1, 0.15) is 37.3 Å². The number of carbonyl (C=O) groups is 1. The Kier molecular flexibility index (Phi) is 3.55. The van der Waals surface area contributed by atoms with Gasteiger partial charge in [0, 0.05) is 12.3 Å². The van der Waals surface area contributed by atoms with E-state index < -0.39 is 0 Å². The Morgan fingerprint density at radius 2 is 2.10 bits per heavy atom. The van der Waals surface area contributed by atoms with Gasteiger partial charge in [0.1, 0.15) is 11.5 Å². The lowest BCUT2D eigenvalue weighted by Crippen LogP contribution is -2.26. The lowest BCUT2D eigenvalue weighted by atomic mass is 9.73. The van der Waals surface area contributed by atoms with Crippen LogP contribution in [0.4, 0.5) is 0 Å². The molecule has 0 radical (unpaired) electrons. The third kappa shape index (κ3) is 2.35. The number of carbonyl (C=O) groups excluding carboxylic acids is 1. The molecule has 0 aliphatic heterocycles. The van der Waals surface area contributed by atoms with Crippen molar-refractivity contribution >= 4 is 5.78 Å². The van der Waals surface area contributed by atoms with Gasteiger partial charge in [-0.1, -0.05) is 12.1 Å². The highest BCUT2D eigenvalue weighted by Gasteiger charge is 2.44. The maximum atomic E-state index is 12.2. The van der Waals surface area contributed by atoms with E-state index in [1.54, 1.807) is 13.0 Å². The number of aromatic hydroxyl groups is 1. The molecule has 0 heterocycles. The Labute approximate surface area is 119 Å². The summed E-state index contributed by atoms with van der Waals surface area (Å²) in [7, 11) is 0. The Morgan fingerprint density at radius 1 is 1.30 bits per heavy atom. The molecule has 3 nitrogen and oxygen atoms in total. The second kappa shape index (κ2) is 5.21. The molecule has 20 heavy (non-hydrogen) atoms. The Bertz CT molecular complexity index is 521. The van der Waals surface area contributed by atoms with Crippen molar-refractivity contribution in [2.45, 2.75) is 45.1 Å². The zero-order valence-electron chi connectivity index (χ0n) is 11.9. The fourth-order valence-corrected chi connectivity index (χ4v) is 4.02. The SMILES string of the molecule is C[C@@H](O)CCC1C(=O)C[C@@H]2Cc3c(O)cccc3C[C@H]12. The maximum Gasteiger partial charge on any atom is 0.136 e. The molecule has 4 atom stereocenters. The minimum atomic E-state index is -0.332. The van der Waals surface area contributed by atoms with E-state index in [9.17, 15) is 15.0 Å². The quantitative estimate of drug-likeness (QED) is 0.890. The number of benzene rings is 1. The number of hydrogen-bond acceptors (Lipinski definition) is 3. The predicted molar refractivity (Wildman–Crippen MR) is 76.5 cm³/mol. The number of fused-ring (bicyclic) bond motifs is 2. The number of hydrogen-bond donors (Lipinski definition) is 2. The minimum absolute atomic E-state index is 0.102. The molecule has 108 valence electrons. The van der Waals surface area contributed by atoms with Crippen molar-refractivity contribution in [1.29, 1.82) is 0 Å². The van der Waals surface area contributed by atoms with Gasteiger partial charge in [-0.25, -0.2) is 0 Å². The second-order valence-corrected chi connectivity index (χ2v) is 6.45. The van der Waals surface area contributed by atoms with Crippen LogP contribution in [0.15, 0.2) is 18.2 Å². The normalized spacial score (nSPS) is 29.9. The van der Waals surface area contributed by atoms with Gasteiger partial charge in [0.15, 0.2) is 0 Å². The van der Waals surface area contributed by atoms with Gasteiger partial charge in [0.25, 0.3) is 0 Å². The number of rotatable bonds is 3.